The van der Waals surface area contributed by atoms with Gasteiger partial charge in [-0.2, -0.15) is 10.2 Å². The minimum absolute atomic E-state index is 0.710. The Balaban J connectivity index is 2.16. The number of rotatable bonds is 3. The maximum atomic E-state index is 5.46. The van der Waals surface area contributed by atoms with Crippen molar-refractivity contribution < 1.29 is 0 Å². The molecule has 0 unspecified atom stereocenters. The zero-order valence-corrected chi connectivity index (χ0v) is 13.0. The van der Waals surface area contributed by atoms with Gasteiger partial charge in [0, 0.05) is 25.9 Å². The van der Waals surface area contributed by atoms with Crippen molar-refractivity contribution in [2.24, 2.45) is 14.1 Å². The molecule has 0 aromatic carbocycles. The Morgan fingerprint density at radius 1 is 1.30 bits per heavy atom. The van der Waals surface area contributed by atoms with Crippen LogP contribution in [0.1, 0.15) is 23.9 Å². The quantitative estimate of drug-likeness (QED) is 0.751. The van der Waals surface area contributed by atoms with Gasteiger partial charge < -0.3 is 4.98 Å². The van der Waals surface area contributed by atoms with Gasteiger partial charge in [0.15, 0.2) is 10.4 Å². The van der Waals surface area contributed by atoms with E-state index in [-0.39, 0.29) is 0 Å². The Bertz CT molecular complexity index is 831. The van der Waals surface area contributed by atoms with E-state index in [9.17, 15) is 0 Å². The normalized spacial score (nSPS) is 11.6. The smallest absolute Gasteiger partial charge is 0.179 e. The molecule has 0 spiro atoms. The second-order valence-corrected chi connectivity index (χ2v) is 5.44. The summed E-state index contributed by atoms with van der Waals surface area (Å²) in [5, 5.41) is 8.92. The molecule has 3 rings (SSSR count). The zero-order chi connectivity index (χ0) is 14.4. The lowest BCUT2D eigenvalue weighted by Crippen LogP contribution is -2.04. The molecule has 0 amide bonds. The largest absolute Gasteiger partial charge is 0.328 e. The fourth-order valence-corrected chi connectivity index (χ4v) is 2.90. The highest BCUT2D eigenvalue weighted by Crippen LogP contribution is 2.20. The molecule has 3 aromatic heterocycles. The summed E-state index contributed by atoms with van der Waals surface area (Å²) in [6, 6.07) is 0. The SMILES string of the molecule is CCc1nn(C)c2c1[nH]c(=S)n2Cc1cn(C)nc1C. The molecule has 20 heavy (non-hydrogen) atoms. The molecule has 3 aromatic rings. The van der Waals surface area contributed by atoms with Crippen LogP contribution < -0.4 is 0 Å². The molecular weight excluding hydrogens is 272 g/mol. The van der Waals surface area contributed by atoms with Crippen LogP contribution in [0.25, 0.3) is 11.2 Å². The van der Waals surface area contributed by atoms with Gasteiger partial charge in [-0.1, -0.05) is 6.92 Å². The Labute approximate surface area is 122 Å². The molecule has 1 N–H and O–H groups in total. The van der Waals surface area contributed by atoms with Crippen LogP contribution in [0.4, 0.5) is 0 Å². The van der Waals surface area contributed by atoms with Crippen LogP contribution in [0.2, 0.25) is 0 Å². The van der Waals surface area contributed by atoms with Crippen molar-refractivity contribution in [2.75, 3.05) is 0 Å². The molecule has 0 saturated carbocycles. The molecule has 0 aliphatic carbocycles. The number of aromatic nitrogens is 6. The number of hydrogen-bond acceptors (Lipinski definition) is 3. The molecular formula is C13H18N6S. The van der Waals surface area contributed by atoms with E-state index in [0.29, 0.717) is 6.54 Å². The molecule has 0 fully saturated rings. The summed E-state index contributed by atoms with van der Waals surface area (Å²) in [5.41, 5.74) is 5.33. The topological polar surface area (TPSA) is 56.4 Å². The number of aromatic amines is 1. The average Bonchev–Trinajstić information content (AvgIpc) is 2.97. The van der Waals surface area contributed by atoms with Gasteiger partial charge in [-0.3, -0.25) is 13.9 Å². The van der Waals surface area contributed by atoms with Crippen molar-refractivity contribution in [1.82, 2.24) is 29.1 Å². The minimum atomic E-state index is 0.710. The van der Waals surface area contributed by atoms with E-state index < -0.39 is 0 Å². The first kappa shape index (κ1) is 13.1. The highest BCUT2D eigenvalue weighted by Gasteiger charge is 2.15. The maximum absolute atomic E-state index is 5.46. The third kappa shape index (κ3) is 1.89. The minimum Gasteiger partial charge on any atom is -0.328 e. The first-order valence-corrected chi connectivity index (χ1v) is 7.05. The van der Waals surface area contributed by atoms with E-state index in [0.717, 1.165) is 33.7 Å². The summed E-state index contributed by atoms with van der Waals surface area (Å²) >= 11 is 5.46. The van der Waals surface area contributed by atoms with E-state index in [1.54, 1.807) is 0 Å². The Hall–Kier alpha value is -1.89. The third-order valence-corrected chi connectivity index (χ3v) is 3.92. The Kier molecular flexibility index (Phi) is 3.01. The number of H-pyrrole nitrogens is 1. The summed E-state index contributed by atoms with van der Waals surface area (Å²) in [6.07, 6.45) is 2.92. The van der Waals surface area contributed by atoms with Gasteiger partial charge in [-0.15, -0.1) is 0 Å². The second kappa shape index (κ2) is 4.59. The number of hydrogen-bond donors (Lipinski definition) is 1. The predicted molar refractivity (Wildman–Crippen MR) is 80.3 cm³/mol. The first-order chi connectivity index (χ1) is 9.51. The van der Waals surface area contributed by atoms with Crippen molar-refractivity contribution in [3.05, 3.63) is 27.9 Å². The molecule has 0 radical (unpaired) electrons. The van der Waals surface area contributed by atoms with E-state index in [1.165, 1.54) is 5.56 Å². The molecule has 0 aliphatic heterocycles. The van der Waals surface area contributed by atoms with Crippen LogP contribution >= 0.6 is 12.2 Å². The van der Waals surface area contributed by atoms with Gasteiger partial charge in [0.2, 0.25) is 0 Å². The van der Waals surface area contributed by atoms with Gasteiger partial charge in [0.05, 0.1) is 17.9 Å². The van der Waals surface area contributed by atoms with E-state index in [2.05, 4.69) is 26.7 Å². The number of fused-ring (bicyclic) bond motifs is 1. The van der Waals surface area contributed by atoms with Crippen molar-refractivity contribution in [3.8, 4) is 0 Å². The van der Waals surface area contributed by atoms with Crippen molar-refractivity contribution in [3.63, 3.8) is 0 Å². The molecule has 0 bridgehead atoms. The molecule has 0 saturated heterocycles. The Morgan fingerprint density at radius 2 is 2.05 bits per heavy atom. The van der Waals surface area contributed by atoms with Crippen molar-refractivity contribution in [2.45, 2.75) is 26.8 Å². The van der Waals surface area contributed by atoms with E-state index >= 15 is 0 Å². The van der Waals surface area contributed by atoms with Crippen LogP contribution in [-0.4, -0.2) is 29.1 Å². The van der Waals surface area contributed by atoms with Crippen LogP contribution in [0, 0.1) is 11.7 Å². The van der Waals surface area contributed by atoms with Gasteiger partial charge >= 0.3 is 0 Å². The lowest BCUT2D eigenvalue weighted by molar-refractivity contribution is 0.707. The molecule has 0 atom stereocenters. The third-order valence-electron chi connectivity index (χ3n) is 3.60. The standard InChI is InChI=1S/C13H18N6S/c1-5-10-11-12(18(4)16-10)19(13(20)14-11)7-9-6-17(3)15-8(9)2/h6H,5,7H2,1-4H3,(H,14,20). The lowest BCUT2D eigenvalue weighted by atomic mass is 10.2. The average molecular weight is 290 g/mol. The summed E-state index contributed by atoms with van der Waals surface area (Å²) in [4.78, 5) is 3.28. The molecule has 6 nitrogen and oxygen atoms in total. The number of nitrogens with zero attached hydrogens (tertiary/aromatic N) is 5. The molecule has 106 valence electrons. The van der Waals surface area contributed by atoms with Crippen LogP contribution in [0.15, 0.2) is 6.20 Å². The number of nitrogens with one attached hydrogen (secondary N) is 1. The highest BCUT2D eigenvalue weighted by atomic mass is 32.1. The van der Waals surface area contributed by atoms with Gasteiger partial charge in [0.1, 0.15) is 5.52 Å². The number of aryl methyl sites for hydroxylation is 4. The highest BCUT2D eigenvalue weighted by molar-refractivity contribution is 7.71. The van der Waals surface area contributed by atoms with E-state index in [1.807, 2.05) is 36.6 Å². The predicted octanol–water partition coefficient (Wildman–Crippen LogP) is 2.09. The fraction of sp³-hybridized carbons (Fsp3) is 0.462. The zero-order valence-electron chi connectivity index (χ0n) is 12.1. The monoisotopic (exact) mass is 290 g/mol. The molecule has 0 aliphatic rings. The lowest BCUT2D eigenvalue weighted by Gasteiger charge is -2.03. The Morgan fingerprint density at radius 3 is 2.65 bits per heavy atom. The first-order valence-electron chi connectivity index (χ1n) is 6.64. The maximum Gasteiger partial charge on any atom is 0.179 e. The van der Waals surface area contributed by atoms with Gasteiger partial charge in [-0.25, -0.2) is 0 Å². The van der Waals surface area contributed by atoms with Crippen LogP contribution in [-0.2, 0) is 27.1 Å². The second-order valence-electron chi connectivity index (χ2n) is 5.05. The van der Waals surface area contributed by atoms with Gasteiger partial charge in [-0.05, 0) is 25.6 Å². The molecule has 3 heterocycles. The fourth-order valence-electron chi connectivity index (χ4n) is 2.65. The number of imidazole rings is 1. The van der Waals surface area contributed by atoms with Crippen molar-refractivity contribution in [1.29, 1.82) is 0 Å². The van der Waals surface area contributed by atoms with Crippen LogP contribution in [0.5, 0.6) is 0 Å². The summed E-state index contributed by atoms with van der Waals surface area (Å²) in [6.45, 7) is 4.83. The summed E-state index contributed by atoms with van der Waals surface area (Å²) in [5.74, 6) is 0. The summed E-state index contributed by atoms with van der Waals surface area (Å²) in [7, 11) is 3.89. The van der Waals surface area contributed by atoms with Crippen molar-refractivity contribution >= 4 is 23.4 Å². The summed E-state index contributed by atoms with van der Waals surface area (Å²) < 4.78 is 6.54. The molecule has 7 heteroatoms. The van der Waals surface area contributed by atoms with Gasteiger partial charge in [0.25, 0.3) is 0 Å². The van der Waals surface area contributed by atoms with Crippen LogP contribution in [0.3, 0.4) is 0 Å². The van der Waals surface area contributed by atoms with E-state index in [4.69, 9.17) is 12.2 Å².